The van der Waals surface area contributed by atoms with E-state index in [1.54, 1.807) is 42.9 Å². The van der Waals surface area contributed by atoms with E-state index < -0.39 is 38.1 Å². The molecule has 0 spiro atoms. The van der Waals surface area contributed by atoms with Gasteiger partial charge in [-0.25, -0.2) is 13.2 Å². The minimum absolute atomic E-state index is 0.0300. The molecule has 0 radical (unpaired) electrons. The number of carbonyl (C=O) groups excluding carboxylic acids is 2. The number of amides is 1. The predicted octanol–water partition coefficient (Wildman–Crippen LogP) is 1.09. The number of ether oxygens (including phenoxy) is 1. The van der Waals surface area contributed by atoms with Crippen LogP contribution < -0.4 is 5.01 Å². The van der Waals surface area contributed by atoms with E-state index in [4.69, 9.17) is 4.74 Å². The summed E-state index contributed by atoms with van der Waals surface area (Å²) in [5.41, 5.74) is 1.09. The number of sulfone groups is 1. The standard InChI is InChI=1S/C19H21N4O5S/c1-12-16(18(24)23(22(12)2)13-8-4-3-5-9-13)20-21-17-19(25)28-14-10-6-7-11-15(14)29(17,26)27/h3-5,8-9,14-15H,6-7,10-11H2,1-2H3/q+1. The van der Waals surface area contributed by atoms with E-state index in [0.29, 0.717) is 24.2 Å². The second-order valence-electron chi connectivity index (χ2n) is 7.23. The number of para-hydroxylation sites is 1. The maximum absolute atomic E-state index is 12.9. The lowest BCUT2D eigenvalue weighted by Gasteiger charge is -2.34. The minimum Gasteiger partial charge on any atom is -0.456 e. The summed E-state index contributed by atoms with van der Waals surface area (Å²) in [5.74, 6) is -1.47. The first-order valence-corrected chi connectivity index (χ1v) is 10.9. The molecule has 9 nitrogen and oxygen atoms in total. The van der Waals surface area contributed by atoms with Crippen LogP contribution in [0.1, 0.15) is 32.6 Å². The molecule has 0 N–H and O–H groups in total. The van der Waals surface area contributed by atoms with Crippen LogP contribution in [0.4, 0.5) is 5.69 Å². The molecule has 1 saturated carbocycles. The minimum atomic E-state index is -3.96. The fourth-order valence-corrected chi connectivity index (χ4v) is 5.65. The van der Waals surface area contributed by atoms with Gasteiger partial charge in [0.2, 0.25) is 21.3 Å². The molecule has 1 aromatic rings. The Balaban J connectivity index is 1.70. The van der Waals surface area contributed by atoms with Crippen LogP contribution in [0.2, 0.25) is 0 Å². The summed E-state index contributed by atoms with van der Waals surface area (Å²) in [6.45, 7) is 1.67. The van der Waals surface area contributed by atoms with Gasteiger partial charge in [0.15, 0.2) is 7.05 Å². The quantitative estimate of drug-likeness (QED) is 0.407. The molecular formula is C19H21N4O5S+. The zero-order valence-corrected chi connectivity index (χ0v) is 16.9. The van der Waals surface area contributed by atoms with Gasteiger partial charge < -0.3 is 4.74 Å². The van der Waals surface area contributed by atoms with E-state index in [1.165, 1.54) is 5.01 Å². The number of hydrazine groups is 1. The predicted molar refractivity (Wildman–Crippen MR) is 107 cm³/mol. The molecule has 2 aliphatic heterocycles. The molecule has 4 rings (SSSR count). The normalized spacial score (nSPS) is 29.4. The summed E-state index contributed by atoms with van der Waals surface area (Å²) in [6, 6.07) is 8.96. The van der Waals surface area contributed by atoms with E-state index in [1.807, 2.05) is 6.07 Å². The van der Waals surface area contributed by atoms with Gasteiger partial charge in [-0.15, -0.1) is 14.9 Å². The van der Waals surface area contributed by atoms with E-state index in [9.17, 15) is 18.0 Å². The van der Waals surface area contributed by atoms with Crippen LogP contribution in [0.3, 0.4) is 0 Å². The van der Waals surface area contributed by atoms with Gasteiger partial charge in [0, 0.05) is 6.92 Å². The van der Waals surface area contributed by atoms with Gasteiger partial charge in [-0.2, -0.15) is 0 Å². The Hall–Kier alpha value is -2.88. The first-order valence-electron chi connectivity index (χ1n) is 9.40. The molecule has 0 aromatic heterocycles. The van der Waals surface area contributed by atoms with Crippen LogP contribution in [-0.4, -0.2) is 59.8 Å². The number of nitrogens with zero attached hydrogens (tertiary/aromatic N) is 4. The lowest BCUT2D eigenvalue weighted by atomic mass is 9.97. The van der Waals surface area contributed by atoms with Crippen molar-refractivity contribution in [3.63, 3.8) is 0 Å². The highest BCUT2D eigenvalue weighted by Gasteiger charge is 2.49. The highest BCUT2D eigenvalue weighted by Crippen LogP contribution is 2.32. The highest BCUT2D eigenvalue weighted by molar-refractivity contribution is 8.09. The topological polar surface area (TPSA) is 108 Å². The maximum atomic E-state index is 12.9. The number of hydrazone groups is 1. The summed E-state index contributed by atoms with van der Waals surface area (Å²) in [4.78, 5) is 25.1. The van der Waals surface area contributed by atoms with Crippen LogP contribution in [0, 0.1) is 0 Å². The zero-order valence-electron chi connectivity index (χ0n) is 16.1. The summed E-state index contributed by atoms with van der Waals surface area (Å²) in [7, 11) is -2.27. The van der Waals surface area contributed by atoms with Gasteiger partial charge in [0.1, 0.15) is 17.0 Å². The Morgan fingerprint density at radius 3 is 2.52 bits per heavy atom. The molecule has 2 unspecified atom stereocenters. The molecule has 3 aliphatic rings. The summed E-state index contributed by atoms with van der Waals surface area (Å²) in [6.07, 6.45) is 1.89. The summed E-state index contributed by atoms with van der Waals surface area (Å²) in [5, 5.41) is 7.46. The third kappa shape index (κ3) is 3.17. The SMILES string of the molecule is CC1=[N+](C)N(c2ccccc2)C(=O)C1=N/N=C1\C(=O)OC2CCCCC2S1(=O)=O. The third-order valence-corrected chi connectivity index (χ3v) is 7.63. The number of benzene rings is 1. The maximum Gasteiger partial charge on any atom is 0.371 e. The first-order chi connectivity index (χ1) is 13.8. The lowest BCUT2D eigenvalue weighted by Crippen LogP contribution is -2.51. The van der Waals surface area contributed by atoms with Gasteiger partial charge in [0.05, 0.1) is 0 Å². The number of rotatable bonds is 2. The monoisotopic (exact) mass is 417 g/mol. The van der Waals surface area contributed by atoms with E-state index in [2.05, 4.69) is 10.2 Å². The molecule has 1 saturated heterocycles. The van der Waals surface area contributed by atoms with Crippen molar-refractivity contribution >= 4 is 43.9 Å². The number of carbonyl (C=O) groups is 2. The molecule has 2 fully saturated rings. The molecule has 152 valence electrons. The fourth-order valence-electron chi connectivity index (χ4n) is 3.86. The molecule has 1 aliphatic carbocycles. The molecule has 1 aromatic carbocycles. The van der Waals surface area contributed by atoms with Gasteiger partial charge in [-0.1, -0.05) is 29.6 Å². The van der Waals surface area contributed by atoms with Crippen molar-refractivity contribution in [2.24, 2.45) is 10.2 Å². The summed E-state index contributed by atoms with van der Waals surface area (Å²) >= 11 is 0. The number of hydrogen-bond acceptors (Lipinski definition) is 7. The third-order valence-electron chi connectivity index (χ3n) is 5.51. The summed E-state index contributed by atoms with van der Waals surface area (Å²) < 4.78 is 32.6. The first kappa shape index (κ1) is 19.4. The van der Waals surface area contributed by atoms with Crippen LogP contribution in [0.5, 0.6) is 0 Å². The van der Waals surface area contributed by atoms with Crippen LogP contribution >= 0.6 is 0 Å². The Morgan fingerprint density at radius 2 is 1.79 bits per heavy atom. The van der Waals surface area contributed by atoms with Crippen molar-refractivity contribution in [2.45, 2.75) is 44.0 Å². The van der Waals surface area contributed by atoms with Gasteiger partial charge in [-0.05, 0) is 31.4 Å². The van der Waals surface area contributed by atoms with Crippen molar-refractivity contribution in [1.82, 2.24) is 0 Å². The van der Waals surface area contributed by atoms with E-state index in [0.717, 1.165) is 12.8 Å². The lowest BCUT2D eigenvalue weighted by molar-refractivity contribution is -0.495. The van der Waals surface area contributed by atoms with Crippen molar-refractivity contribution in [3.8, 4) is 0 Å². The van der Waals surface area contributed by atoms with Crippen molar-refractivity contribution in [1.29, 1.82) is 0 Å². The van der Waals surface area contributed by atoms with Gasteiger partial charge in [0.25, 0.3) is 5.04 Å². The van der Waals surface area contributed by atoms with E-state index >= 15 is 0 Å². The van der Waals surface area contributed by atoms with Crippen molar-refractivity contribution < 1.29 is 27.4 Å². The Bertz CT molecular complexity index is 1080. The molecule has 29 heavy (non-hydrogen) atoms. The average Bonchev–Trinajstić information content (AvgIpc) is 2.91. The van der Waals surface area contributed by atoms with Crippen molar-refractivity contribution in [2.75, 3.05) is 12.1 Å². The van der Waals surface area contributed by atoms with Gasteiger partial charge in [-0.3, -0.25) is 4.79 Å². The molecule has 0 bridgehead atoms. The highest BCUT2D eigenvalue weighted by atomic mass is 32.2. The van der Waals surface area contributed by atoms with Crippen LogP contribution in [0.15, 0.2) is 40.5 Å². The number of esters is 1. The van der Waals surface area contributed by atoms with Gasteiger partial charge >= 0.3 is 11.9 Å². The molecule has 1 amide bonds. The van der Waals surface area contributed by atoms with E-state index in [-0.39, 0.29) is 5.71 Å². The number of hydrogen-bond donors (Lipinski definition) is 0. The molecule has 2 heterocycles. The smallest absolute Gasteiger partial charge is 0.371 e. The molecule has 2 atom stereocenters. The molecule has 10 heteroatoms. The Labute approximate surface area is 168 Å². The second kappa shape index (κ2) is 7.18. The number of anilines is 1. The largest absolute Gasteiger partial charge is 0.456 e. The van der Waals surface area contributed by atoms with Crippen LogP contribution in [0.25, 0.3) is 0 Å². The fraction of sp³-hybridized carbons (Fsp3) is 0.421. The average molecular weight is 417 g/mol. The second-order valence-corrected chi connectivity index (χ2v) is 9.31. The van der Waals surface area contributed by atoms with Crippen LogP contribution in [-0.2, 0) is 24.2 Å². The Kier molecular flexibility index (Phi) is 4.81. The zero-order chi connectivity index (χ0) is 20.8. The Morgan fingerprint density at radius 1 is 1.10 bits per heavy atom. The number of fused-ring (bicyclic) bond motifs is 1. The van der Waals surface area contributed by atoms with Crippen molar-refractivity contribution in [3.05, 3.63) is 30.3 Å². The molecular weight excluding hydrogens is 396 g/mol.